The molecule has 0 saturated heterocycles. The van der Waals surface area contributed by atoms with Crippen LogP contribution < -0.4 is 0 Å². The molecule has 41 heavy (non-hydrogen) atoms. The molecule has 3 nitrogen and oxygen atoms in total. The predicted molar refractivity (Wildman–Crippen MR) is 170 cm³/mol. The lowest BCUT2D eigenvalue weighted by Gasteiger charge is -2.13. The summed E-state index contributed by atoms with van der Waals surface area (Å²) in [7, 11) is 0. The smallest absolute Gasteiger partial charge is 0.165 e. The molecule has 3 heterocycles. The van der Waals surface area contributed by atoms with Gasteiger partial charge in [0.2, 0.25) is 0 Å². The van der Waals surface area contributed by atoms with E-state index in [1.165, 1.54) is 27.8 Å². The molecule has 0 saturated carbocycles. The molecule has 3 heteroatoms. The van der Waals surface area contributed by atoms with Crippen LogP contribution in [0.1, 0.15) is 0 Å². The van der Waals surface area contributed by atoms with E-state index in [-0.39, 0.29) is 0 Å². The van der Waals surface area contributed by atoms with Gasteiger partial charge in [-0.25, -0.2) is 9.97 Å². The number of fused-ring (bicyclic) bond motifs is 5. The molecule has 8 aromatic rings. The zero-order valence-corrected chi connectivity index (χ0v) is 22.3. The average Bonchev–Trinajstić information content (AvgIpc) is 3.44. The normalized spacial score (nSPS) is 11.4. The Hall–Kier alpha value is -5.54. The van der Waals surface area contributed by atoms with E-state index in [2.05, 4.69) is 132 Å². The van der Waals surface area contributed by atoms with Crippen LogP contribution >= 0.6 is 0 Å². The van der Waals surface area contributed by atoms with Crippen molar-refractivity contribution in [2.45, 2.75) is 0 Å². The predicted octanol–water partition coefficient (Wildman–Crippen LogP) is 9.70. The van der Waals surface area contributed by atoms with Gasteiger partial charge in [0.05, 0.1) is 5.69 Å². The van der Waals surface area contributed by atoms with Gasteiger partial charge in [0.15, 0.2) is 5.65 Å². The lowest BCUT2D eigenvalue weighted by molar-refractivity contribution is 1.19. The quantitative estimate of drug-likeness (QED) is 0.230. The van der Waals surface area contributed by atoms with Crippen LogP contribution in [0.4, 0.5) is 0 Å². The second-order valence-electron chi connectivity index (χ2n) is 10.3. The highest BCUT2D eigenvalue weighted by atomic mass is 15.1. The Morgan fingerprint density at radius 2 is 0.927 bits per heavy atom. The summed E-state index contributed by atoms with van der Waals surface area (Å²) in [6.07, 6.45) is 2.03. The van der Waals surface area contributed by atoms with Gasteiger partial charge >= 0.3 is 0 Å². The maximum absolute atomic E-state index is 5.23. The monoisotopic (exact) mass is 523 g/mol. The van der Waals surface area contributed by atoms with Crippen LogP contribution in [-0.2, 0) is 0 Å². The minimum absolute atomic E-state index is 0.872. The Kier molecular flexibility index (Phi) is 5.46. The number of benzene rings is 5. The highest BCUT2D eigenvalue weighted by molar-refractivity contribution is 6.09. The lowest BCUT2D eigenvalue weighted by atomic mass is 9.92. The fourth-order valence-corrected chi connectivity index (χ4v) is 5.79. The molecular weight excluding hydrogens is 498 g/mol. The van der Waals surface area contributed by atoms with Gasteiger partial charge in [0.25, 0.3) is 0 Å². The summed E-state index contributed by atoms with van der Waals surface area (Å²) in [6.45, 7) is 0. The van der Waals surface area contributed by atoms with Crippen molar-refractivity contribution in [3.63, 3.8) is 0 Å². The van der Waals surface area contributed by atoms with Crippen LogP contribution in [0.15, 0.2) is 152 Å². The van der Waals surface area contributed by atoms with Gasteiger partial charge in [-0.05, 0) is 69.8 Å². The largest absolute Gasteiger partial charge is 0.284 e. The van der Waals surface area contributed by atoms with E-state index < -0.39 is 0 Å². The summed E-state index contributed by atoms with van der Waals surface area (Å²) in [4.78, 5) is 10.1. The summed E-state index contributed by atoms with van der Waals surface area (Å²) in [5.74, 6) is 0. The number of aromatic nitrogens is 3. The van der Waals surface area contributed by atoms with Crippen LogP contribution in [0, 0.1) is 0 Å². The number of hydrogen-bond acceptors (Lipinski definition) is 2. The van der Waals surface area contributed by atoms with Crippen LogP contribution in [0.2, 0.25) is 0 Å². The summed E-state index contributed by atoms with van der Waals surface area (Å²) in [5, 5.41) is 2.21. The van der Waals surface area contributed by atoms with Gasteiger partial charge in [-0.3, -0.25) is 4.40 Å². The molecule has 0 amide bonds. The fourth-order valence-electron chi connectivity index (χ4n) is 5.79. The Bertz CT molecular complexity index is 2140. The second kappa shape index (κ2) is 9.58. The Balaban J connectivity index is 1.34. The summed E-state index contributed by atoms with van der Waals surface area (Å²) < 4.78 is 2.07. The summed E-state index contributed by atoms with van der Waals surface area (Å²) in [5.41, 5.74) is 11.9. The van der Waals surface area contributed by atoms with E-state index in [1.807, 2.05) is 24.4 Å². The first kappa shape index (κ1) is 23.4. The van der Waals surface area contributed by atoms with E-state index in [0.717, 1.165) is 44.4 Å². The Morgan fingerprint density at radius 1 is 0.390 bits per heavy atom. The number of rotatable bonds is 4. The first-order valence-corrected chi connectivity index (χ1v) is 13.8. The Morgan fingerprint density at radius 3 is 1.63 bits per heavy atom. The van der Waals surface area contributed by atoms with E-state index in [4.69, 9.17) is 9.97 Å². The van der Waals surface area contributed by atoms with Crippen LogP contribution in [0.3, 0.4) is 0 Å². The third kappa shape index (κ3) is 4.07. The van der Waals surface area contributed by atoms with Crippen LogP contribution in [-0.4, -0.2) is 14.4 Å². The van der Waals surface area contributed by atoms with Crippen molar-refractivity contribution >= 4 is 27.6 Å². The van der Waals surface area contributed by atoms with Crippen LogP contribution in [0.5, 0.6) is 0 Å². The fraction of sp³-hybridized carbons (Fsp3) is 0. The van der Waals surface area contributed by atoms with E-state index in [0.29, 0.717) is 0 Å². The van der Waals surface area contributed by atoms with Gasteiger partial charge in [-0.1, -0.05) is 109 Å². The number of hydrogen-bond donors (Lipinski definition) is 0. The van der Waals surface area contributed by atoms with Crippen LogP contribution in [0.25, 0.3) is 72.2 Å². The van der Waals surface area contributed by atoms with Crippen molar-refractivity contribution in [3.8, 4) is 44.6 Å². The number of nitrogens with zero attached hydrogens (tertiary/aromatic N) is 3. The topological polar surface area (TPSA) is 30.2 Å². The number of imidazole rings is 1. The molecule has 0 bridgehead atoms. The minimum atomic E-state index is 0.872. The second-order valence-corrected chi connectivity index (χ2v) is 10.3. The molecule has 8 rings (SSSR count). The van der Waals surface area contributed by atoms with Crippen molar-refractivity contribution < 1.29 is 0 Å². The first-order valence-electron chi connectivity index (χ1n) is 13.8. The van der Waals surface area contributed by atoms with Gasteiger partial charge in [-0.15, -0.1) is 0 Å². The van der Waals surface area contributed by atoms with Crippen molar-refractivity contribution in [3.05, 3.63) is 152 Å². The molecule has 3 aromatic heterocycles. The highest BCUT2D eigenvalue weighted by Crippen LogP contribution is 2.37. The van der Waals surface area contributed by atoms with Gasteiger partial charge in [-0.2, -0.15) is 0 Å². The third-order valence-corrected chi connectivity index (χ3v) is 7.78. The molecule has 0 N–H and O–H groups in total. The zero-order chi connectivity index (χ0) is 27.2. The highest BCUT2D eigenvalue weighted by Gasteiger charge is 2.16. The third-order valence-electron chi connectivity index (χ3n) is 7.78. The SMILES string of the molecule is c1ccc(-c2cc(-c3ccccc3)cc(-c3cccc(-c4nc5c(nc6ccccn65)c5ccccc45)c3)c2)cc1. The molecule has 0 unspecified atom stereocenters. The van der Waals surface area contributed by atoms with E-state index in [9.17, 15) is 0 Å². The van der Waals surface area contributed by atoms with Gasteiger partial charge < -0.3 is 0 Å². The van der Waals surface area contributed by atoms with Gasteiger partial charge in [0, 0.05) is 22.5 Å². The molecule has 192 valence electrons. The van der Waals surface area contributed by atoms with Crippen molar-refractivity contribution in [2.24, 2.45) is 0 Å². The molecular formula is C38H25N3. The van der Waals surface area contributed by atoms with Crippen molar-refractivity contribution in [1.82, 2.24) is 14.4 Å². The average molecular weight is 524 g/mol. The molecule has 0 aliphatic rings. The summed E-state index contributed by atoms with van der Waals surface area (Å²) in [6, 6.07) is 51.3. The van der Waals surface area contributed by atoms with E-state index in [1.54, 1.807) is 0 Å². The van der Waals surface area contributed by atoms with Crippen molar-refractivity contribution in [1.29, 1.82) is 0 Å². The molecule has 0 radical (unpaired) electrons. The standard InChI is InChI=1S/C38H25N3/c1-3-12-26(13-4-1)30-23-31(27-14-5-2-6-15-27)25-32(24-30)28-16-11-17-29(22-28)36-33-18-7-8-19-34(33)37-38(40-36)41-21-10-9-20-35(41)39-37/h1-25H. The summed E-state index contributed by atoms with van der Waals surface area (Å²) >= 11 is 0. The molecule has 0 aliphatic heterocycles. The maximum atomic E-state index is 5.23. The molecule has 5 aromatic carbocycles. The minimum Gasteiger partial charge on any atom is -0.284 e. The molecule has 0 spiro atoms. The first-order chi connectivity index (χ1) is 20.3. The molecule has 0 aliphatic carbocycles. The lowest BCUT2D eigenvalue weighted by Crippen LogP contribution is -1.92. The maximum Gasteiger partial charge on any atom is 0.165 e. The van der Waals surface area contributed by atoms with Crippen molar-refractivity contribution in [2.75, 3.05) is 0 Å². The van der Waals surface area contributed by atoms with E-state index >= 15 is 0 Å². The number of pyridine rings is 2. The molecule has 0 fully saturated rings. The molecule has 0 atom stereocenters. The Labute approximate surface area is 238 Å². The van der Waals surface area contributed by atoms with Gasteiger partial charge in [0.1, 0.15) is 11.2 Å². The zero-order valence-electron chi connectivity index (χ0n) is 22.3.